The van der Waals surface area contributed by atoms with Crippen molar-refractivity contribution in [2.45, 2.75) is 56.1 Å². The molecule has 0 saturated heterocycles. The number of carbonyl (C=O) groups is 1. The molecule has 0 bridgehead atoms. The van der Waals surface area contributed by atoms with Gasteiger partial charge >= 0.3 is 5.97 Å². The molecule has 1 unspecified atom stereocenters. The molecule has 0 aliphatic heterocycles. The van der Waals surface area contributed by atoms with Crippen LogP contribution in [-0.4, -0.2) is 47.5 Å². The Kier molecular flexibility index (Phi) is 7.24. The average Bonchev–Trinajstić information content (AvgIpc) is 2.55. The Morgan fingerprint density at radius 2 is 1.96 bits per heavy atom. The molecular weight excluding hydrogens is 310 g/mol. The highest BCUT2D eigenvalue weighted by molar-refractivity contribution is 7.98. The molecule has 4 nitrogen and oxygen atoms in total. The van der Waals surface area contributed by atoms with Crippen LogP contribution in [0, 0.1) is 0 Å². The maximum atomic E-state index is 11.2. The van der Waals surface area contributed by atoms with E-state index in [9.17, 15) is 9.90 Å². The first-order chi connectivity index (χ1) is 11.1. The number of benzene rings is 1. The molecule has 0 radical (unpaired) electrons. The maximum absolute atomic E-state index is 11.2. The molecule has 2 rings (SSSR count). The van der Waals surface area contributed by atoms with Crippen molar-refractivity contribution < 1.29 is 14.6 Å². The Bertz CT molecular complexity index is 486. The van der Waals surface area contributed by atoms with E-state index >= 15 is 0 Å². The number of hydrogen-bond donors (Lipinski definition) is 1. The zero-order chi connectivity index (χ0) is 16.7. The lowest BCUT2D eigenvalue weighted by Gasteiger charge is -2.34. The van der Waals surface area contributed by atoms with Gasteiger partial charge in [-0.2, -0.15) is 0 Å². The summed E-state index contributed by atoms with van der Waals surface area (Å²) in [5, 5.41) is 9.19. The zero-order valence-electron chi connectivity index (χ0n) is 14.0. The highest BCUT2D eigenvalue weighted by Gasteiger charge is 2.24. The summed E-state index contributed by atoms with van der Waals surface area (Å²) in [4.78, 5) is 14.5. The van der Waals surface area contributed by atoms with Gasteiger partial charge in [-0.3, -0.25) is 9.69 Å². The Balaban J connectivity index is 1.92. The third-order valence-electron chi connectivity index (χ3n) is 4.32. The number of nitrogens with zero attached hydrogens (tertiary/aromatic N) is 1. The van der Waals surface area contributed by atoms with Crippen LogP contribution in [-0.2, 0) is 4.79 Å². The summed E-state index contributed by atoms with van der Waals surface area (Å²) in [6, 6.07) is 8.42. The predicted molar refractivity (Wildman–Crippen MR) is 94.4 cm³/mol. The lowest BCUT2D eigenvalue weighted by molar-refractivity contribution is -0.139. The van der Waals surface area contributed by atoms with Gasteiger partial charge in [0.25, 0.3) is 0 Å². The van der Waals surface area contributed by atoms with Crippen LogP contribution in [0.15, 0.2) is 29.2 Å². The molecule has 1 atom stereocenters. The minimum atomic E-state index is -0.757. The fourth-order valence-corrected chi connectivity index (χ4v) is 3.63. The van der Waals surface area contributed by atoms with Crippen LogP contribution in [0.1, 0.15) is 39.0 Å². The molecular formula is C18H27NO3S. The van der Waals surface area contributed by atoms with Gasteiger partial charge in [0.2, 0.25) is 0 Å². The quantitative estimate of drug-likeness (QED) is 0.729. The monoisotopic (exact) mass is 337 g/mol. The largest absolute Gasteiger partial charge is 0.489 e. The van der Waals surface area contributed by atoms with Crippen LogP contribution >= 0.6 is 11.8 Å². The molecule has 5 heteroatoms. The molecule has 0 amide bonds. The molecule has 1 saturated carbocycles. The third kappa shape index (κ3) is 6.07. The highest BCUT2D eigenvalue weighted by Crippen LogP contribution is 2.24. The van der Waals surface area contributed by atoms with Crippen molar-refractivity contribution in [3.05, 3.63) is 24.3 Å². The van der Waals surface area contributed by atoms with E-state index in [1.165, 1.54) is 24.2 Å². The van der Waals surface area contributed by atoms with Gasteiger partial charge in [0.1, 0.15) is 11.9 Å². The van der Waals surface area contributed by atoms with E-state index in [2.05, 4.69) is 4.90 Å². The fourth-order valence-electron chi connectivity index (χ4n) is 3.22. The molecule has 1 fully saturated rings. The molecule has 23 heavy (non-hydrogen) atoms. The number of aliphatic carboxylic acids is 1. The van der Waals surface area contributed by atoms with Crippen molar-refractivity contribution in [1.82, 2.24) is 4.90 Å². The summed E-state index contributed by atoms with van der Waals surface area (Å²) in [6.07, 6.45) is 7.89. The van der Waals surface area contributed by atoms with Crippen LogP contribution in [0.2, 0.25) is 0 Å². The predicted octanol–water partition coefficient (Wildman–Crippen LogP) is 3.90. The van der Waals surface area contributed by atoms with E-state index in [-0.39, 0.29) is 12.6 Å². The van der Waals surface area contributed by atoms with Crippen LogP contribution in [0.3, 0.4) is 0 Å². The van der Waals surface area contributed by atoms with Crippen molar-refractivity contribution in [2.75, 3.05) is 19.3 Å². The van der Waals surface area contributed by atoms with E-state index in [0.29, 0.717) is 12.6 Å². The molecule has 128 valence electrons. The standard InChI is InChI=1S/C18H27NO3S/c1-14(22-16-8-10-17(23-2)11-9-16)12-19(13-18(20)21)15-6-4-3-5-7-15/h8-11,14-15H,3-7,12-13H2,1-2H3,(H,20,21). The molecule has 1 aliphatic rings. The van der Waals surface area contributed by atoms with E-state index < -0.39 is 5.97 Å². The molecule has 0 spiro atoms. The minimum Gasteiger partial charge on any atom is -0.489 e. The highest BCUT2D eigenvalue weighted by atomic mass is 32.2. The van der Waals surface area contributed by atoms with E-state index in [1.807, 2.05) is 37.4 Å². The lowest BCUT2D eigenvalue weighted by atomic mass is 9.94. The SMILES string of the molecule is CSc1ccc(OC(C)CN(CC(=O)O)C2CCCCC2)cc1. The van der Waals surface area contributed by atoms with Gasteiger partial charge in [-0.25, -0.2) is 0 Å². The van der Waals surface area contributed by atoms with Crippen LogP contribution in [0.5, 0.6) is 5.75 Å². The number of carboxylic acids is 1. The van der Waals surface area contributed by atoms with Crippen molar-refractivity contribution in [1.29, 1.82) is 0 Å². The first-order valence-electron chi connectivity index (χ1n) is 8.35. The van der Waals surface area contributed by atoms with E-state index in [4.69, 9.17) is 4.74 Å². The number of hydrogen-bond acceptors (Lipinski definition) is 4. The molecule has 0 heterocycles. The normalized spacial score (nSPS) is 17.2. The minimum absolute atomic E-state index is 0.0311. The molecule has 1 aromatic carbocycles. The molecule has 1 aliphatic carbocycles. The Morgan fingerprint density at radius 3 is 2.52 bits per heavy atom. The molecule has 0 aromatic heterocycles. The summed E-state index contributed by atoms with van der Waals surface area (Å²) < 4.78 is 5.97. The van der Waals surface area contributed by atoms with Gasteiger partial charge in [-0.05, 0) is 50.3 Å². The topological polar surface area (TPSA) is 49.8 Å². The van der Waals surface area contributed by atoms with Crippen LogP contribution < -0.4 is 4.74 Å². The van der Waals surface area contributed by atoms with Crippen molar-refractivity contribution >= 4 is 17.7 Å². The molecule has 1 N–H and O–H groups in total. The van der Waals surface area contributed by atoms with Crippen LogP contribution in [0.4, 0.5) is 0 Å². The van der Waals surface area contributed by atoms with Crippen molar-refractivity contribution in [3.63, 3.8) is 0 Å². The second-order valence-corrected chi connectivity index (χ2v) is 7.10. The van der Waals surface area contributed by atoms with Crippen molar-refractivity contribution in [3.8, 4) is 5.75 Å². The van der Waals surface area contributed by atoms with Crippen LogP contribution in [0.25, 0.3) is 0 Å². The summed E-state index contributed by atoms with van der Waals surface area (Å²) in [6.45, 7) is 2.77. The number of ether oxygens (including phenoxy) is 1. The maximum Gasteiger partial charge on any atom is 0.317 e. The van der Waals surface area contributed by atoms with Gasteiger partial charge in [0.15, 0.2) is 0 Å². The van der Waals surface area contributed by atoms with Gasteiger partial charge in [-0.1, -0.05) is 19.3 Å². The Hall–Kier alpha value is -1.20. The third-order valence-corrected chi connectivity index (χ3v) is 5.06. The van der Waals surface area contributed by atoms with Gasteiger partial charge in [0, 0.05) is 17.5 Å². The average molecular weight is 337 g/mol. The van der Waals surface area contributed by atoms with E-state index in [0.717, 1.165) is 18.6 Å². The summed E-state index contributed by atoms with van der Waals surface area (Å²) in [5.74, 6) is 0.0846. The Morgan fingerprint density at radius 1 is 1.30 bits per heavy atom. The zero-order valence-corrected chi connectivity index (χ0v) is 14.8. The van der Waals surface area contributed by atoms with Gasteiger partial charge in [0.05, 0.1) is 6.54 Å². The first kappa shape index (κ1) is 18.1. The molecule has 1 aromatic rings. The second kappa shape index (κ2) is 9.18. The summed E-state index contributed by atoms with van der Waals surface area (Å²) >= 11 is 1.70. The smallest absolute Gasteiger partial charge is 0.317 e. The van der Waals surface area contributed by atoms with Crippen molar-refractivity contribution in [2.24, 2.45) is 0 Å². The van der Waals surface area contributed by atoms with E-state index in [1.54, 1.807) is 11.8 Å². The lowest BCUT2D eigenvalue weighted by Crippen LogP contribution is -2.45. The number of carboxylic acid groups (broad SMARTS) is 1. The Labute approximate surface area is 143 Å². The summed E-state index contributed by atoms with van der Waals surface area (Å²) in [7, 11) is 0. The fraction of sp³-hybridized carbons (Fsp3) is 0.611. The van der Waals surface area contributed by atoms with Gasteiger partial charge in [-0.15, -0.1) is 11.8 Å². The first-order valence-corrected chi connectivity index (χ1v) is 9.57. The second-order valence-electron chi connectivity index (χ2n) is 6.22. The summed E-state index contributed by atoms with van der Waals surface area (Å²) in [5.41, 5.74) is 0. The van der Waals surface area contributed by atoms with Gasteiger partial charge < -0.3 is 9.84 Å². The number of rotatable bonds is 8. The number of thioether (sulfide) groups is 1.